The number of primary amides is 1. The van der Waals surface area contributed by atoms with Gasteiger partial charge in [0.05, 0.1) is 5.56 Å². The first kappa shape index (κ1) is 12.5. The SMILES string of the molecule is CCCC(C)(C)Nc1ncccc1C(N)=O. The fourth-order valence-electron chi connectivity index (χ4n) is 1.71. The van der Waals surface area contributed by atoms with Gasteiger partial charge in [-0.2, -0.15) is 0 Å². The molecule has 88 valence electrons. The summed E-state index contributed by atoms with van der Waals surface area (Å²) in [6.45, 7) is 6.28. The number of pyridine rings is 1. The second-order valence-electron chi connectivity index (χ2n) is 4.52. The first-order valence-corrected chi connectivity index (χ1v) is 5.49. The summed E-state index contributed by atoms with van der Waals surface area (Å²) in [6, 6.07) is 3.39. The van der Waals surface area contributed by atoms with Crippen molar-refractivity contribution in [1.82, 2.24) is 4.98 Å². The maximum atomic E-state index is 11.2. The number of nitrogens with one attached hydrogen (secondary N) is 1. The summed E-state index contributed by atoms with van der Waals surface area (Å²) in [6.07, 6.45) is 3.72. The molecule has 0 spiro atoms. The zero-order valence-corrected chi connectivity index (χ0v) is 10.1. The van der Waals surface area contributed by atoms with Crippen molar-refractivity contribution in [2.75, 3.05) is 5.32 Å². The Morgan fingerprint density at radius 1 is 1.56 bits per heavy atom. The topological polar surface area (TPSA) is 68.0 Å². The van der Waals surface area contributed by atoms with Gasteiger partial charge in [0.25, 0.3) is 5.91 Å². The van der Waals surface area contributed by atoms with E-state index in [1.807, 2.05) is 0 Å². The minimum absolute atomic E-state index is 0.0900. The average Bonchev–Trinajstić information content (AvgIpc) is 2.17. The van der Waals surface area contributed by atoms with Gasteiger partial charge in [0.15, 0.2) is 0 Å². The number of anilines is 1. The van der Waals surface area contributed by atoms with Gasteiger partial charge in [0, 0.05) is 11.7 Å². The Balaban J connectivity index is 2.92. The van der Waals surface area contributed by atoms with E-state index in [0.717, 1.165) is 12.8 Å². The number of hydrogen-bond acceptors (Lipinski definition) is 3. The van der Waals surface area contributed by atoms with Crippen LogP contribution in [0.4, 0.5) is 5.82 Å². The third-order valence-electron chi connectivity index (χ3n) is 2.40. The van der Waals surface area contributed by atoms with E-state index in [2.05, 4.69) is 31.1 Å². The van der Waals surface area contributed by atoms with Crippen molar-refractivity contribution >= 4 is 11.7 Å². The molecular weight excluding hydrogens is 202 g/mol. The highest BCUT2D eigenvalue weighted by molar-refractivity contribution is 5.97. The molecular formula is C12H19N3O. The molecule has 0 aliphatic carbocycles. The number of carbonyl (C=O) groups is 1. The number of aromatic nitrogens is 1. The van der Waals surface area contributed by atoms with Crippen LogP contribution in [0.3, 0.4) is 0 Å². The maximum absolute atomic E-state index is 11.2. The molecule has 0 aromatic carbocycles. The number of hydrogen-bond donors (Lipinski definition) is 2. The van der Waals surface area contributed by atoms with E-state index in [4.69, 9.17) is 5.73 Å². The molecule has 0 aliphatic rings. The van der Waals surface area contributed by atoms with Gasteiger partial charge in [0.2, 0.25) is 0 Å². The zero-order chi connectivity index (χ0) is 12.2. The summed E-state index contributed by atoms with van der Waals surface area (Å²) >= 11 is 0. The Morgan fingerprint density at radius 3 is 2.81 bits per heavy atom. The van der Waals surface area contributed by atoms with E-state index in [9.17, 15) is 4.79 Å². The predicted molar refractivity (Wildman–Crippen MR) is 65.4 cm³/mol. The molecule has 1 heterocycles. The van der Waals surface area contributed by atoms with Gasteiger partial charge >= 0.3 is 0 Å². The Hall–Kier alpha value is -1.58. The zero-order valence-electron chi connectivity index (χ0n) is 10.1. The van der Waals surface area contributed by atoms with Crippen LogP contribution in [-0.2, 0) is 0 Å². The fraction of sp³-hybridized carbons (Fsp3) is 0.500. The molecule has 0 saturated carbocycles. The van der Waals surface area contributed by atoms with Crippen molar-refractivity contribution in [1.29, 1.82) is 0 Å². The molecule has 0 unspecified atom stereocenters. The lowest BCUT2D eigenvalue weighted by atomic mass is 9.98. The summed E-state index contributed by atoms with van der Waals surface area (Å²) in [7, 11) is 0. The van der Waals surface area contributed by atoms with Gasteiger partial charge in [-0.1, -0.05) is 13.3 Å². The molecule has 0 saturated heterocycles. The van der Waals surface area contributed by atoms with Crippen LogP contribution >= 0.6 is 0 Å². The number of rotatable bonds is 5. The first-order chi connectivity index (χ1) is 7.46. The normalized spacial score (nSPS) is 11.2. The Morgan fingerprint density at radius 2 is 2.25 bits per heavy atom. The second-order valence-corrected chi connectivity index (χ2v) is 4.52. The average molecular weight is 221 g/mol. The molecule has 1 aromatic heterocycles. The number of carbonyl (C=O) groups excluding carboxylic acids is 1. The molecule has 0 fully saturated rings. The van der Waals surface area contributed by atoms with Crippen LogP contribution in [0.1, 0.15) is 44.0 Å². The lowest BCUT2D eigenvalue weighted by Crippen LogP contribution is -2.32. The van der Waals surface area contributed by atoms with E-state index >= 15 is 0 Å². The van der Waals surface area contributed by atoms with Gasteiger partial charge in [-0.3, -0.25) is 4.79 Å². The van der Waals surface area contributed by atoms with Gasteiger partial charge in [0.1, 0.15) is 5.82 Å². The Labute approximate surface area is 96.3 Å². The summed E-state index contributed by atoms with van der Waals surface area (Å²) in [4.78, 5) is 15.4. The van der Waals surface area contributed by atoms with Crippen molar-refractivity contribution in [3.8, 4) is 0 Å². The van der Waals surface area contributed by atoms with Crippen LogP contribution in [0.2, 0.25) is 0 Å². The molecule has 16 heavy (non-hydrogen) atoms. The van der Waals surface area contributed by atoms with Crippen molar-refractivity contribution in [2.24, 2.45) is 5.73 Å². The molecule has 4 nitrogen and oxygen atoms in total. The van der Waals surface area contributed by atoms with Crippen LogP contribution in [0.25, 0.3) is 0 Å². The fourth-order valence-corrected chi connectivity index (χ4v) is 1.71. The van der Waals surface area contributed by atoms with Crippen molar-refractivity contribution in [3.63, 3.8) is 0 Å². The van der Waals surface area contributed by atoms with Crippen molar-refractivity contribution < 1.29 is 4.79 Å². The monoisotopic (exact) mass is 221 g/mol. The number of amides is 1. The van der Waals surface area contributed by atoms with Gasteiger partial charge in [-0.25, -0.2) is 4.98 Å². The third-order valence-corrected chi connectivity index (χ3v) is 2.40. The minimum atomic E-state index is -0.456. The lowest BCUT2D eigenvalue weighted by molar-refractivity contribution is 0.100. The minimum Gasteiger partial charge on any atom is -0.365 e. The van der Waals surface area contributed by atoms with Gasteiger partial charge in [-0.15, -0.1) is 0 Å². The van der Waals surface area contributed by atoms with Gasteiger partial charge in [-0.05, 0) is 32.4 Å². The van der Waals surface area contributed by atoms with E-state index < -0.39 is 5.91 Å². The van der Waals surface area contributed by atoms with Gasteiger partial charge < -0.3 is 11.1 Å². The molecule has 0 bridgehead atoms. The molecule has 0 atom stereocenters. The highest BCUT2D eigenvalue weighted by Gasteiger charge is 2.19. The van der Waals surface area contributed by atoms with E-state index in [1.54, 1.807) is 18.3 Å². The van der Waals surface area contributed by atoms with E-state index in [-0.39, 0.29) is 5.54 Å². The molecule has 4 heteroatoms. The van der Waals surface area contributed by atoms with E-state index in [0.29, 0.717) is 11.4 Å². The summed E-state index contributed by atoms with van der Waals surface area (Å²) in [5.41, 5.74) is 5.64. The van der Waals surface area contributed by atoms with Crippen LogP contribution in [-0.4, -0.2) is 16.4 Å². The molecule has 0 aliphatic heterocycles. The van der Waals surface area contributed by atoms with Crippen molar-refractivity contribution in [2.45, 2.75) is 39.2 Å². The molecule has 1 amide bonds. The Kier molecular flexibility index (Phi) is 3.88. The lowest BCUT2D eigenvalue weighted by Gasteiger charge is -2.27. The smallest absolute Gasteiger partial charge is 0.252 e. The molecule has 3 N–H and O–H groups in total. The standard InChI is InChI=1S/C12H19N3O/c1-4-7-12(2,3)15-11-9(10(13)16)6-5-8-14-11/h5-6,8H,4,7H2,1-3H3,(H2,13,16)(H,14,15). The quantitative estimate of drug-likeness (QED) is 0.800. The summed E-state index contributed by atoms with van der Waals surface area (Å²) < 4.78 is 0. The molecule has 1 aromatic rings. The predicted octanol–water partition coefficient (Wildman–Crippen LogP) is 2.17. The van der Waals surface area contributed by atoms with Crippen LogP contribution in [0.5, 0.6) is 0 Å². The van der Waals surface area contributed by atoms with Crippen molar-refractivity contribution in [3.05, 3.63) is 23.9 Å². The first-order valence-electron chi connectivity index (χ1n) is 5.49. The van der Waals surface area contributed by atoms with Crippen LogP contribution < -0.4 is 11.1 Å². The second kappa shape index (κ2) is 4.96. The third kappa shape index (κ3) is 3.22. The molecule has 0 radical (unpaired) electrons. The molecule has 1 rings (SSSR count). The maximum Gasteiger partial charge on any atom is 0.252 e. The van der Waals surface area contributed by atoms with Crippen LogP contribution in [0, 0.1) is 0 Å². The van der Waals surface area contributed by atoms with Crippen LogP contribution in [0.15, 0.2) is 18.3 Å². The highest BCUT2D eigenvalue weighted by atomic mass is 16.1. The highest BCUT2D eigenvalue weighted by Crippen LogP contribution is 2.20. The number of nitrogens with two attached hydrogens (primary N) is 1. The Bertz CT molecular complexity index is 374. The summed E-state index contributed by atoms with van der Waals surface area (Å²) in [5, 5.41) is 3.26. The number of nitrogens with zero attached hydrogens (tertiary/aromatic N) is 1. The van der Waals surface area contributed by atoms with E-state index in [1.165, 1.54) is 0 Å². The largest absolute Gasteiger partial charge is 0.365 e. The summed E-state index contributed by atoms with van der Waals surface area (Å²) in [5.74, 6) is 0.108.